The van der Waals surface area contributed by atoms with E-state index >= 15 is 0 Å². The number of carbonyl (C=O) groups excluding carboxylic acids is 2. The lowest BCUT2D eigenvalue weighted by molar-refractivity contribution is -0.136. The van der Waals surface area contributed by atoms with Gasteiger partial charge in [0.15, 0.2) is 0 Å². The van der Waals surface area contributed by atoms with Gasteiger partial charge in [-0.3, -0.25) is 9.59 Å². The summed E-state index contributed by atoms with van der Waals surface area (Å²) in [7, 11) is 0. The first-order valence-electron chi connectivity index (χ1n) is 8.29. The Bertz CT molecular complexity index is 728. The molecule has 0 unspecified atom stereocenters. The first-order valence-corrected chi connectivity index (χ1v) is 8.29. The molecule has 0 aliphatic carbocycles. The number of carbonyl (C=O) groups is 2. The molecule has 0 bridgehead atoms. The highest BCUT2D eigenvalue weighted by Crippen LogP contribution is 2.26. The summed E-state index contributed by atoms with van der Waals surface area (Å²) in [6.45, 7) is 3.14. The number of para-hydroxylation sites is 2. The SMILES string of the molecule is O=C(NCc1ccccc1)C(=O)Nc1ccccc1N1CCOCC1. The van der Waals surface area contributed by atoms with Crippen molar-refractivity contribution in [1.29, 1.82) is 0 Å². The third kappa shape index (κ3) is 4.58. The number of hydrogen-bond donors (Lipinski definition) is 2. The Morgan fingerprint density at radius 2 is 1.60 bits per heavy atom. The molecule has 6 heteroatoms. The van der Waals surface area contributed by atoms with Gasteiger partial charge in [0.1, 0.15) is 0 Å². The number of rotatable bonds is 4. The Hall–Kier alpha value is -2.86. The van der Waals surface area contributed by atoms with Gasteiger partial charge >= 0.3 is 11.8 Å². The largest absolute Gasteiger partial charge is 0.378 e. The molecule has 1 saturated heterocycles. The van der Waals surface area contributed by atoms with Crippen LogP contribution in [0.5, 0.6) is 0 Å². The van der Waals surface area contributed by atoms with Crippen LogP contribution in [0, 0.1) is 0 Å². The summed E-state index contributed by atoms with van der Waals surface area (Å²) in [5.41, 5.74) is 2.47. The van der Waals surface area contributed by atoms with Crippen LogP contribution in [0.2, 0.25) is 0 Å². The quantitative estimate of drug-likeness (QED) is 0.833. The molecule has 0 aromatic heterocycles. The lowest BCUT2D eigenvalue weighted by Gasteiger charge is -2.30. The van der Waals surface area contributed by atoms with Crippen LogP contribution in [0.3, 0.4) is 0 Å². The van der Waals surface area contributed by atoms with Crippen molar-refractivity contribution in [3.63, 3.8) is 0 Å². The number of morpholine rings is 1. The summed E-state index contributed by atoms with van der Waals surface area (Å²) >= 11 is 0. The Balaban J connectivity index is 1.61. The maximum atomic E-state index is 12.2. The number of ether oxygens (including phenoxy) is 1. The van der Waals surface area contributed by atoms with E-state index in [4.69, 9.17) is 4.74 Å². The van der Waals surface area contributed by atoms with Crippen molar-refractivity contribution >= 4 is 23.2 Å². The molecule has 25 heavy (non-hydrogen) atoms. The first-order chi connectivity index (χ1) is 12.2. The molecule has 0 saturated carbocycles. The summed E-state index contributed by atoms with van der Waals surface area (Å²) in [6, 6.07) is 17.0. The summed E-state index contributed by atoms with van der Waals surface area (Å²) in [5, 5.41) is 5.34. The van der Waals surface area contributed by atoms with Crippen molar-refractivity contribution in [1.82, 2.24) is 5.32 Å². The van der Waals surface area contributed by atoms with Crippen LogP contribution in [0.15, 0.2) is 54.6 Å². The predicted molar refractivity (Wildman–Crippen MR) is 96.4 cm³/mol. The number of hydrogen-bond acceptors (Lipinski definition) is 4. The summed E-state index contributed by atoms with van der Waals surface area (Å²) in [4.78, 5) is 26.4. The lowest BCUT2D eigenvalue weighted by atomic mass is 10.2. The molecule has 2 amide bonds. The van der Waals surface area contributed by atoms with Crippen molar-refractivity contribution in [3.05, 3.63) is 60.2 Å². The van der Waals surface area contributed by atoms with Crippen molar-refractivity contribution in [2.45, 2.75) is 6.54 Å². The molecule has 0 atom stereocenters. The van der Waals surface area contributed by atoms with Gasteiger partial charge in [-0.05, 0) is 17.7 Å². The van der Waals surface area contributed by atoms with Gasteiger partial charge < -0.3 is 20.3 Å². The second kappa shape index (κ2) is 8.30. The maximum Gasteiger partial charge on any atom is 0.313 e. The van der Waals surface area contributed by atoms with Gasteiger partial charge in [0.2, 0.25) is 0 Å². The molecular weight excluding hydrogens is 318 g/mol. The fourth-order valence-electron chi connectivity index (χ4n) is 2.70. The number of amides is 2. The van der Waals surface area contributed by atoms with Crippen molar-refractivity contribution in [3.8, 4) is 0 Å². The van der Waals surface area contributed by atoms with Crippen molar-refractivity contribution in [2.75, 3.05) is 36.5 Å². The molecule has 1 fully saturated rings. The van der Waals surface area contributed by atoms with Gasteiger partial charge in [-0.1, -0.05) is 42.5 Å². The fraction of sp³-hybridized carbons (Fsp3) is 0.263. The smallest absolute Gasteiger partial charge is 0.313 e. The molecule has 0 spiro atoms. The van der Waals surface area contributed by atoms with Crippen molar-refractivity contribution in [2.24, 2.45) is 0 Å². The molecule has 1 heterocycles. The highest BCUT2D eigenvalue weighted by atomic mass is 16.5. The minimum Gasteiger partial charge on any atom is -0.378 e. The van der Waals surface area contributed by atoms with E-state index in [2.05, 4.69) is 15.5 Å². The molecule has 0 radical (unpaired) electrons. The van der Waals surface area contributed by atoms with Crippen LogP contribution in [0.1, 0.15) is 5.56 Å². The van der Waals surface area contributed by atoms with E-state index in [1.807, 2.05) is 48.5 Å². The van der Waals surface area contributed by atoms with Crippen LogP contribution >= 0.6 is 0 Å². The van der Waals surface area contributed by atoms with Crippen molar-refractivity contribution < 1.29 is 14.3 Å². The zero-order valence-corrected chi connectivity index (χ0v) is 13.9. The third-order valence-corrected chi connectivity index (χ3v) is 4.01. The molecular formula is C19H21N3O3. The van der Waals surface area contributed by atoms with Crippen LogP contribution < -0.4 is 15.5 Å². The van der Waals surface area contributed by atoms with Crippen LogP contribution in [-0.2, 0) is 20.9 Å². The Morgan fingerprint density at radius 1 is 0.920 bits per heavy atom. The first kappa shape index (κ1) is 17.0. The molecule has 2 N–H and O–H groups in total. The highest BCUT2D eigenvalue weighted by Gasteiger charge is 2.18. The van der Waals surface area contributed by atoms with E-state index < -0.39 is 11.8 Å². The van der Waals surface area contributed by atoms with E-state index in [0.29, 0.717) is 25.4 Å². The second-order valence-electron chi connectivity index (χ2n) is 5.74. The average Bonchev–Trinajstić information content (AvgIpc) is 2.68. The lowest BCUT2D eigenvalue weighted by Crippen LogP contribution is -2.38. The number of nitrogens with zero attached hydrogens (tertiary/aromatic N) is 1. The van der Waals surface area contributed by atoms with E-state index in [-0.39, 0.29) is 0 Å². The summed E-state index contributed by atoms with van der Waals surface area (Å²) < 4.78 is 5.36. The topological polar surface area (TPSA) is 70.7 Å². The average molecular weight is 339 g/mol. The van der Waals surface area contributed by atoms with Gasteiger partial charge in [0.05, 0.1) is 24.6 Å². The zero-order valence-electron chi connectivity index (χ0n) is 13.9. The molecule has 1 aliphatic heterocycles. The van der Waals surface area contributed by atoms with Gasteiger partial charge in [-0.25, -0.2) is 0 Å². The Kier molecular flexibility index (Phi) is 5.64. The van der Waals surface area contributed by atoms with Crippen LogP contribution in [-0.4, -0.2) is 38.1 Å². The fourth-order valence-corrected chi connectivity index (χ4v) is 2.70. The van der Waals surface area contributed by atoms with Crippen LogP contribution in [0.4, 0.5) is 11.4 Å². The minimum atomic E-state index is -0.670. The van der Waals surface area contributed by atoms with Gasteiger partial charge in [0.25, 0.3) is 0 Å². The Morgan fingerprint density at radius 3 is 2.36 bits per heavy atom. The predicted octanol–water partition coefficient (Wildman–Crippen LogP) is 1.78. The molecule has 1 aliphatic rings. The van der Waals surface area contributed by atoms with Gasteiger partial charge in [-0.2, -0.15) is 0 Å². The summed E-state index contributed by atoms with van der Waals surface area (Å²) in [5.74, 6) is -1.32. The number of nitrogens with one attached hydrogen (secondary N) is 2. The van der Waals surface area contributed by atoms with E-state index in [9.17, 15) is 9.59 Å². The molecule has 2 aromatic carbocycles. The van der Waals surface area contributed by atoms with Crippen LogP contribution in [0.25, 0.3) is 0 Å². The number of benzene rings is 2. The van der Waals surface area contributed by atoms with E-state index in [1.54, 1.807) is 6.07 Å². The van der Waals surface area contributed by atoms with E-state index in [0.717, 1.165) is 24.3 Å². The molecule has 6 nitrogen and oxygen atoms in total. The van der Waals surface area contributed by atoms with Gasteiger partial charge in [0, 0.05) is 19.6 Å². The van der Waals surface area contributed by atoms with Gasteiger partial charge in [-0.15, -0.1) is 0 Å². The third-order valence-electron chi connectivity index (χ3n) is 4.01. The Labute approximate surface area is 146 Å². The standard InChI is InChI=1S/C19H21N3O3/c23-18(20-14-15-6-2-1-3-7-15)19(24)21-16-8-4-5-9-17(16)22-10-12-25-13-11-22/h1-9H,10-14H2,(H,20,23)(H,21,24). The normalized spacial score (nSPS) is 14.0. The number of anilines is 2. The second-order valence-corrected chi connectivity index (χ2v) is 5.74. The molecule has 130 valence electrons. The van der Waals surface area contributed by atoms with E-state index in [1.165, 1.54) is 0 Å². The maximum absolute atomic E-state index is 12.2. The summed E-state index contributed by atoms with van der Waals surface area (Å²) in [6.07, 6.45) is 0. The molecule has 2 aromatic rings. The minimum absolute atomic E-state index is 0.318. The molecule has 3 rings (SSSR count). The zero-order chi connectivity index (χ0) is 17.5. The highest BCUT2D eigenvalue weighted by molar-refractivity contribution is 6.39. The monoisotopic (exact) mass is 339 g/mol.